The molecule has 2 heterocycles. The molecule has 0 aliphatic carbocycles. The number of rotatable bonds is 2. The van der Waals surface area contributed by atoms with Crippen LogP contribution in [0, 0.1) is 0 Å². The lowest BCUT2D eigenvalue weighted by Gasteiger charge is -2.04. The molecule has 4 N–H and O–H groups in total. The van der Waals surface area contributed by atoms with Gasteiger partial charge in [-0.25, -0.2) is 24.4 Å². The lowest BCUT2D eigenvalue weighted by molar-refractivity contribution is 0.252. The third-order valence-electron chi connectivity index (χ3n) is 1.93. The molecule has 0 saturated heterocycles. The Bertz CT molecular complexity index is 520. The Balaban J connectivity index is 2.34. The molecular weight excluding hydrogens is 210 g/mol. The Labute approximate surface area is 90.9 Å². The van der Waals surface area contributed by atoms with Crippen molar-refractivity contribution in [1.29, 1.82) is 0 Å². The number of nitrogen functional groups attached to an aromatic ring is 1. The van der Waals surface area contributed by atoms with Crippen molar-refractivity contribution >= 4 is 23.0 Å². The van der Waals surface area contributed by atoms with Gasteiger partial charge in [-0.05, 0) is 6.92 Å². The molecule has 2 amide bonds. The minimum absolute atomic E-state index is 0.333. The lowest BCUT2D eigenvalue weighted by Crippen LogP contribution is -2.28. The number of nitrogens with two attached hydrogens (primary N) is 1. The number of imidazole rings is 1. The number of aromatic nitrogens is 4. The molecule has 0 aliphatic heterocycles. The van der Waals surface area contributed by atoms with Gasteiger partial charge in [0.25, 0.3) is 0 Å². The second-order valence-corrected chi connectivity index (χ2v) is 3.03. The van der Waals surface area contributed by atoms with E-state index < -0.39 is 0 Å². The Kier molecular flexibility index (Phi) is 2.54. The SMILES string of the molecule is CCNC(=O)Nc1ncnc2c1ncn2N. The fourth-order valence-electron chi connectivity index (χ4n) is 1.26. The molecule has 0 spiro atoms. The van der Waals surface area contributed by atoms with Crippen molar-refractivity contribution in [3.05, 3.63) is 12.7 Å². The van der Waals surface area contributed by atoms with Gasteiger partial charge in [0.2, 0.25) is 0 Å². The van der Waals surface area contributed by atoms with E-state index >= 15 is 0 Å². The van der Waals surface area contributed by atoms with Crippen LogP contribution in [0.2, 0.25) is 0 Å². The van der Waals surface area contributed by atoms with E-state index in [9.17, 15) is 4.79 Å². The number of amides is 2. The topological polar surface area (TPSA) is 111 Å². The minimum Gasteiger partial charge on any atom is -0.338 e. The number of fused-ring (bicyclic) bond motifs is 1. The largest absolute Gasteiger partial charge is 0.338 e. The van der Waals surface area contributed by atoms with Gasteiger partial charge in [-0.2, -0.15) is 0 Å². The molecule has 2 rings (SSSR count). The van der Waals surface area contributed by atoms with Gasteiger partial charge in [0.15, 0.2) is 17.0 Å². The Morgan fingerprint density at radius 1 is 1.50 bits per heavy atom. The molecule has 2 aromatic rings. The number of anilines is 1. The third-order valence-corrected chi connectivity index (χ3v) is 1.93. The number of nitrogens with zero attached hydrogens (tertiary/aromatic N) is 4. The summed E-state index contributed by atoms with van der Waals surface area (Å²) in [5, 5.41) is 5.16. The fourth-order valence-corrected chi connectivity index (χ4v) is 1.26. The number of carbonyl (C=O) groups is 1. The first-order valence-corrected chi connectivity index (χ1v) is 4.70. The number of carbonyl (C=O) groups excluding carboxylic acids is 1. The zero-order valence-corrected chi connectivity index (χ0v) is 8.64. The first-order valence-electron chi connectivity index (χ1n) is 4.70. The molecule has 16 heavy (non-hydrogen) atoms. The maximum atomic E-state index is 11.3. The summed E-state index contributed by atoms with van der Waals surface area (Å²) in [6, 6.07) is -0.339. The average Bonchev–Trinajstić information content (AvgIpc) is 2.62. The van der Waals surface area contributed by atoms with E-state index in [2.05, 4.69) is 25.6 Å². The molecule has 0 atom stereocenters. The second-order valence-electron chi connectivity index (χ2n) is 3.03. The summed E-state index contributed by atoms with van der Waals surface area (Å²) in [4.78, 5) is 23.2. The van der Waals surface area contributed by atoms with Crippen LogP contribution in [0.4, 0.5) is 10.6 Å². The Morgan fingerprint density at radius 2 is 2.31 bits per heavy atom. The summed E-state index contributed by atoms with van der Waals surface area (Å²) < 4.78 is 1.26. The van der Waals surface area contributed by atoms with Crippen LogP contribution in [-0.2, 0) is 0 Å². The summed E-state index contributed by atoms with van der Waals surface area (Å²) in [6.07, 6.45) is 2.72. The molecule has 0 radical (unpaired) electrons. The number of urea groups is 1. The number of hydrogen-bond acceptors (Lipinski definition) is 5. The zero-order chi connectivity index (χ0) is 11.5. The first kappa shape index (κ1) is 10.1. The zero-order valence-electron chi connectivity index (χ0n) is 8.64. The molecule has 0 aromatic carbocycles. The van der Waals surface area contributed by atoms with Crippen LogP contribution in [0.1, 0.15) is 6.92 Å². The van der Waals surface area contributed by atoms with Crippen LogP contribution >= 0.6 is 0 Å². The molecule has 8 heteroatoms. The molecule has 2 aromatic heterocycles. The van der Waals surface area contributed by atoms with E-state index in [1.807, 2.05) is 6.92 Å². The van der Waals surface area contributed by atoms with Crippen molar-refractivity contribution in [2.45, 2.75) is 6.92 Å². The predicted octanol–water partition coefficient (Wildman–Crippen LogP) is -0.318. The van der Waals surface area contributed by atoms with Crippen molar-refractivity contribution in [2.75, 3.05) is 17.7 Å². The van der Waals surface area contributed by atoms with Crippen molar-refractivity contribution in [1.82, 2.24) is 24.9 Å². The first-order chi connectivity index (χ1) is 7.72. The Morgan fingerprint density at radius 3 is 3.06 bits per heavy atom. The fraction of sp³-hybridized carbons (Fsp3) is 0.250. The highest BCUT2D eigenvalue weighted by Gasteiger charge is 2.10. The molecule has 0 fully saturated rings. The van der Waals surface area contributed by atoms with E-state index in [0.717, 1.165) is 0 Å². The van der Waals surface area contributed by atoms with E-state index in [4.69, 9.17) is 5.84 Å². The highest BCUT2D eigenvalue weighted by Crippen LogP contribution is 2.14. The van der Waals surface area contributed by atoms with Crippen molar-refractivity contribution in [3.63, 3.8) is 0 Å². The summed E-state index contributed by atoms with van der Waals surface area (Å²) in [5.41, 5.74) is 0.915. The Hall–Kier alpha value is -2.38. The van der Waals surface area contributed by atoms with Crippen LogP contribution < -0.4 is 16.5 Å². The van der Waals surface area contributed by atoms with E-state index in [0.29, 0.717) is 23.5 Å². The molecule has 0 unspecified atom stereocenters. The quantitative estimate of drug-likeness (QED) is 0.602. The van der Waals surface area contributed by atoms with Crippen LogP contribution in [0.5, 0.6) is 0 Å². The van der Waals surface area contributed by atoms with Crippen molar-refractivity contribution in [2.24, 2.45) is 0 Å². The molecule has 0 bridgehead atoms. The van der Waals surface area contributed by atoms with Crippen molar-refractivity contribution in [3.8, 4) is 0 Å². The predicted molar refractivity (Wildman–Crippen MR) is 58.2 cm³/mol. The molecule has 84 valence electrons. The highest BCUT2D eigenvalue weighted by molar-refractivity contribution is 5.95. The highest BCUT2D eigenvalue weighted by atomic mass is 16.2. The lowest BCUT2D eigenvalue weighted by atomic mass is 10.5. The average molecular weight is 221 g/mol. The molecule has 0 aliphatic rings. The monoisotopic (exact) mass is 221 g/mol. The summed E-state index contributed by atoms with van der Waals surface area (Å²) in [7, 11) is 0. The van der Waals surface area contributed by atoms with Gasteiger partial charge in [-0.3, -0.25) is 5.32 Å². The van der Waals surface area contributed by atoms with Gasteiger partial charge in [0.05, 0.1) is 0 Å². The van der Waals surface area contributed by atoms with Gasteiger partial charge in [0, 0.05) is 6.54 Å². The minimum atomic E-state index is -0.339. The number of hydrogen-bond donors (Lipinski definition) is 3. The second kappa shape index (κ2) is 4.01. The third kappa shape index (κ3) is 1.72. The maximum Gasteiger partial charge on any atom is 0.320 e. The van der Waals surface area contributed by atoms with E-state index in [1.54, 1.807) is 0 Å². The summed E-state index contributed by atoms with van der Waals surface area (Å²) >= 11 is 0. The maximum absolute atomic E-state index is 11.3. The summed E-state index contributed by atoms with van der Waals surface area (Å²) in [6.45, 7) is 2.36. The van der Waals surface area contributed by atoms with Gasteiger partial charge >= 0.3 is 6.03 Å². The van der Waals surface area contributed by atoms with Crippen LogP contribution in [0.3, 0.4) is 0 Å². The smallest absolute Gasteiger partial charge is 0.320 e. The van der Waals surface area contributed by atoms with Gasteiger partial charge in [0.1, 0.15) is 12.7 Å². The van der Waals surface area contributed by atoms with Crippen LogP contribution in [-0.4, -0.2) is 32.2 Å². The number of nitrogens with one attached hydrogen (secondary N) is 2. The van der Waals surface area contributed by atoms with Crippen LogP contribution in [0.25, 0.3) is 11.2 Å². The molecule has 0 saturated carbocycles. The summed E-state index contributed by atoms with van der Waals surface area (Å²) in [5.74, 6) is 5.90. The van der Waals surface area contributed by atoms with Gasteiger partial charge < -0.3 is 11.2 Å². The van der Waals surface area contributed by atoms with Gasteiger partial charge in [-0.15, -0.1) is 0 Å². The van der Waals surface area contributed by atoms with E-state index in [-0.39, 0.29) is 6.03 Å². The normalized spacial score (nSPS) is 10.3. The van der Waals surface area contributed by atoms with Crippen LogP contribution in [0.15, 0.2) is 12.7 Å². The van der Waals surface area contributed by atoms with E-state index in [1.165, 1.54) is 17.3 Å². The molecular formula is C8H11N7O. The van der Waals surface area contributed by atoms with Gasteiger partial charge in [-0.1, -0.05) is 0 Å². The molecule has 8 nitrogen and oxygen atoms in total. The van der Waals surface area contributed by atoms with Crippen molar-refractivity contribution < 1.29 is 4.79 Å². The standard InChI is InChI=1S/C8H11N7O/c1-2-10-8(16)14-6-5-7(12-3-11-6)15(9)4-13-5/h3-4H,2,9H2,1H3,(H2,10,11,12,14,16).